The van der Waals surface area contributed by atoms with Gasteiger partial charge < -0.3 is 10.5 Å². The van der Waals surface area contributed by atoms with Crippen LogP contribution >= 0.6 is 11.6 Å². The van der Waals surface area contributed by atoms with Gasteiger partial charge in [0.2, 0.25) is 0 Å². The van der Waals surface area contributed by atoms with Crippen LogP contribution in [-0.4, -0.2) is 7.11 Å². The van der Waals surface area contributed by atoms with Crippen LogP contribution in [0.25, 0.3) is 0 Å². The van der Waals surface area contributed by atoms with Crippen LogP contribution in [0.5, 0.6) is 5.75 Å². The van der Waals surface area contributed by atoms with Crippen molar-refractivity contribution in [2.45, 2.75) is 19.9 Å². The summed E-state index contributed by atoms with van der Waals surface area (Å²) in [7, 11) is 1.63. The first-order chi connectivity index (χ1) is 9.02. The number of hydrogen-bond donors (Lipinski definition) is 1. The number of aryl methyl sites for hydroxylation is 2. The van der Waals surface area contributed by atoms with Crippen LogP contribution in [0.3, 0.4) is 0 Å². The molecule has 2 aromatic carbocycles. The van der Waals surface area contributed by atoms with Crippen LogP contribution < -0.4 is 10.5 Å². The van der Waals surface area contributed by atoms with E-state index in [0.29, 0.717) is 5.02 Å². The molecular formula is C16H18ClNO. The third-order valence-electron chi connectivity index (χ3n) is 3.30. The molecule has 0 bridgehead atoms. The van der Waals surface area contributed by atoms with Crippen molar-refractivity contribution in [1.82, 2.24) is 0 Å². The summed E-state index contributed by atoms with van der Waals surface area (Å²) in [6, 6.07) is 11.6. The molecule has 19 heavy (non-hydrogen) atoms. The lowest BCUT2D eigenvalue weighted by molar-refractivity contribution is 0.408. The molecule has 0 aliphatic rings. The van der Waals surface area contributed by atoms with Crippen molar-refractivity contribution in [3.63, 3.8) is 0 Å². The molecule has 0 fully saturated rings. The summed E-state index contributed by atoms with van der Waals surface area (Å²) in [4.78, 5) is 0. The molecule has 0 aromatic heterocycles. The molecule has 0 spiro atoms. The highest BCUT2D eigenvalue weighted by atomic mass is 35.5. The van der Waals surface area contributed by atoms with E-state index in [1.54, 1.807) is 13.2 Å². The van der Waals surface area contributed by atoms with Gasteiger partial charge in [0.1, 0.15) is 5.75 Å². The van der Waals surface area contributed by atoms with Crippen molar-refractivity contribution in [3.8, 4) is 5.75 Å². The monoisotopic (exact) mass is 275 g/mol. The number of nitrogens with two attached hydrogens (primary N) is 1. The number of rotatable bonds is 3. The Morgan fingerprint density at radius 3 is 2.47 bits per heavy atom. The average Bonchev–Trinajstić information content (AvgIpc) is 2.40. The van der Waals surface area contributed by atoms with E-state index in [9.17, 15) is 0 Å². The fourth-order valence-corrected chi connectivity index (χ4v) is 2.37. The van der Waals surface area contributed by atoms with Gasteiger partial charge in [-0.2, -0.15) is 0 Å². The topological polar surface area (TPSA) is 35.2 Å². The molecule has 0 saturated carbocycles. The van der Waals surface area contributed by atoms with E-state index in [0.717, 1.165) is 16.9 Å². The Balaban J connectivity index is 2.49. The van der Waals surface area contributed by atoms with Crippen molar-refractivity contribution in [2.75, 3.05) is 7.11 Å². The van der Waals surface area contributed by atoms with Crippen LogP contribution in [0, 0.1) is 13.8 Å². The maximum Gasteiger partial charge on any atom is 0.125 e. The molecule has 100 valence electrons. The highest BCUT2D eigenvalue weighted by molar-refractivity contribution is 6.30. The first-order valence-electron chi connectivity index (χ1n) is 6.19. The predicted molar refractivity (Wildman–Crippen MR) is 80.0 cm³/mol. The Labute approximate surface area is 119 Å². The van der Waals surface area contributed by atoms with Crippen molar-refractivity contribution in [3.05, 3.63) is 63.7 Å². The first kappa shape index (κ1) is 13.9. The van der Waals surface area contributed by atoms with E-state index in [2.05, 4.69) is 32.0 Å². The van der Waals surface area contributed by atoms with Gasteiger partial charge in [0.15, 0.2) is 0 Å². The number of halogens is 1. The Kier molecular flexibility index (Phi) is 4.13. The molecule has 2 nitrogen and oxygen atoms in total. The standard InChI is InChI=1S/C16H18ClNO/c1-10-4-5-11(2)14(8-10)16(18)13-7-6-12(17)9-15(13)19-3/h4-9,16H,18H2,1-3H3. The van der Waals surface area contributed by atoms with E-state index in [1.807, 2.05) is 12.1 Å². The molecule has 0 radical (unpaired) electrons. The minimum atomic E-state index is -0.216. The van der Waals surface area contributed by atoms with Crippen LogP contribution in [0.1, 0.15) is 28.3 Å². The zero-order valence-corrected chi connectivity index (χ0v) is 12.2. The molecule has 0 amide bonds. The Morgan fingerprint density at radius 1 is 1.05 bits per heavy atom. The summed E-state index contributed by atoms with van der Waals surface area (Å²) >= 11 is 5.98. The van der Waals surface area contributed by atoms with Gasteiger partial charge in [-0.15, -0.1) is 0 Å². The number of ether oxygens (including phenoxy) is 1. The minimum absolute atomic E-state index is 0.216. The molecular weight excluding hydrogens is 258 g/mol. The van der Waals surface area contributed by atoms with Crippen molar-refractivity contribution in [2.24, 2.45) is 5.73 Å². The van der Waals surface area contributed by atoms with Crippen LogP contribution in [-0.2, 0) is 0 Å². The first-order valence-corrected chi connectivity index (χ1v) is 6.57. The predicted octanol–water partition coefficient (Wildman–Crippen LogP) is 4.01. The SMILES string of the molecule is COc1cc(Cl)ccc1C(N)c1cc(C)ccc1C. The third kappa shape index (κ3) is 2.91. The van der Waals surface area contributed by atoms with Crippen molar-refractivity contribution < 1.29 is 4.74 Å². The maximum atomic E-state index is 6.39. The van der Waals surface area contributed by atoms with Crippen LogP contribution in [0.2, 0.25) is 5.02 Å². The van der Waals surface area contributed by atoms with Gasteiger partial charge in [0.25, 0.3) is 0 Å². The fraction of sp³-hybridized carbons (Fsp3) is 0.250. The molecule has 2 N–H and O–H groups in total. The summed E-state index contributed by atoms with van der Waals surface area (Å²) in [5.74, 6) is 0.723. The van der Waals surface area contributed by atoms with E-state index >= 15 is 0 Å². The summed E-state index contributed by atoms with van der Waals surface area (Å²) in [5.41, 5.74) is 10.8. The third-order valence-corrected chi connectivity index (χ3v) is 3.54. The van der Waals surface area contributed by atoms with Gasteiger partial charge in [0, 0.05) is 10.6 Å². The van der Waals surface area contributed by atoms with Gasteiger partial charge >= 0.3 is 0 Å². The second-order valence-electron chi connectivity index (χ2n) is 4.72. The Morgan fingerprint density at radius 2 is 1.79 bits per heavy atom. The molecule has 2 aromatic rings. The maximum absolute atomic E-state index is 6.39. The summed E-state index contributed by atoms with van der Waals surface area (Å²) in [6.07, 6.45) is 0. The molecule has 0 saturated heterocycles. The van der Waals surface area contributed by atoms with Gasteiger partial charge in [0.05, 0.1) is 13.2 Å². The van der Waals surface area contributed by atoms with Gasteiger partial charge in [-0.05, 0) is 37.1 Å². The molecule has 1 unspecified atom stereocenters. The van der Waals surface area contributed by atoms with E-state index in [4.69, 9.17) is 22.1 Å². The van der Waals surface area contributed by atoms with Crippen molar-refractivity contribution in [1.29, 1.82) is 0 Å². The Hall–Kier alpha value is -1.51. The highest BCUT2D eigenvalue weighted by Gasteiger charge is 2.16. The molecule has 1 atom stereocenters. The summed E-state index contributed by atoms with van der Waals surface area (Å²) < 4.78 is 5.37. The normalized spacial score (nSPS) is 12.3. The largest absolute Gasteiger partial charge is 0.496 e. The molecule has 0 aliphatic heterocycles. The molecule has 2 rings (SSSR count). The lowest BCUT2D eigenvalue weighted by Gasteiger charge is -2.18. The van der Waals surface area contributed by atoms with Crippen molar-refractivity contribution >= 4 is 11.6 Å². The second kappa shape index (κ2) is 5.64. The van der Waals surface area contributed by atoms with Crippen LogP contribution in [0.4, 0.5) is 0 Å². The summed E-state index contributed by atoms with van der Waals surface area (Å²) in [5, 5.41) is 0.647. The van der Waals surface area contributed by atoms with E-state index < -0.39 is 0 Å². The van der Waals surface area contributed by atoms with Gasteiger partial charge in [-0.25, -0.2) is 0 Å². The lowest BCUT2D eigenvalue weighted by atomic mass is 9.94. The molecule has 3 heteroatoms. The van der Waals surface area contributed by atoms with Gasteiger partial charge in [-0.3, -0.25) is 0 Å². The lowest BCUT2D eigenvalue weighted by Crippen LogP contribution is -2.14. The van der Waals surface area contributed by atoms with E-state index in [1.165, 1.54) is 11.1 Å². The summed E-state index contributed by atoms with van der Waals surface area (Å²) in [6.45, 7) is 4.13. The van der Waals surface area contributed by atoms with Crippen LogP contribution in [0.15, 0.2) is 36.4 Å². The smallest absolute Gasteiger partial charge is 0.125 e. The van der Waals surface area contributed by atoms with Gasteiger partial charge in [-0.1, -0.05) is 41.4 Å². The average molecular weight is 276 g/mol. The molecule has 0 aliphatic carbocycles. The quantitative estimate of drug-likeness (QED) is 0.918. The molecule has 0 heterocycles. The number of benzene rings is 2. The second-order valence-corrected chi connectivity index (χ2v) is 5.16. The zero-order valence-electron chi connectivity index (χ0n) is 11.4. The highest BCUT2D eigenvalue weighted by Crippen LogP contribution is 2.32. The minimum Gasteiger partial charge on any atom is -0.496 e. The zero-order chi connectivity index (χ0) is 14.0. The fourth-order valence-electron chi connectivity index (χ4n) is 2.20. The Bertz CT molecular complexity index is 595. The number of methoxy groups -OCH3 is 1. The van der Waals surface area contributed by atoms with E-state index in [-0.39, 0.29) is 6.04 Å². The number of hydrogen-bond acceptors (Lipinski definition) is 2.